The van der Waals surface area contributed by atoms with Crippen molar-refractivity contribution in [2.24, 2.45) is 0 Å². The molecule has 0 saturated heterocycles. The number of rotatable bonds is 4. The maximum atomic E-state index is 13.0. The average molecular weight is 272 g/mol. The van der Waals surface area contributed by atoms with Crippen molar-refractivity contribution in [3.63, 3.8) is 0 Å². The summed E-state index contributed by atoms with van der Waals surface area (Å²) >= 11 is 7.31. The van der Waals surface area contributed by atoms with Crippen molar-refractivity contribution < 1.29 is 9.50 Å². The van der Waals surface area contributed by atoms with Gasteiger partial charge in [-0.3, -0.25) is 0 Å². The van der Waals surface area contributed by atoms with E-state index in [2.05, 4.69) is 5.32 Å². The Balaban J connectivity index is 1.89. The smallest absolute Gasteiger partial charge is 0.127 e. The van der Waals surface area contributed by atoms with Gasteiger partial charge in [0.05, 0.1) is 4.34 Å². The molecular formula is C12H11ClFNOS. The van der Waals surface area contributed by atoms with E-state index in [1.54, 1.807) is 0 Å². The van der Waals surface area contributed by atoms with Crippen LogP contribution in [0.2, 0.25) is 4.34 Å². The lowest BCUT2D eigenvalue weighted by Gasteiger charge is -2.04. The lowest BCUT2D eigenvalue weighted by molar-refractivity contribution is 0.467. The van der Waals surface area contributed by atoms with Crippen LogP contribution in [0.25, 0.3) is 0 Å². The van der Waals surface area contributed by atoms with E-state index in [0.717, 1.165) is 15.3 Å². The second kappa shape index (κ2) is 5.49. The van der Waals surface area contributed by atoms with Gasteiger partial charge in [-0.05, 0) is 29.8 Å². The van der Waals surface area contributed by atoms with Crippen LogP contribution < -0.4 is 5.32 Å². The van der Waals surface area contributed by atoms with Crippen molar-refractivity contribution in [2.75, 3.05) is 0 Å². The van der Waals surface area contributed by atoms with Gasteiger partial charge in [0.15, 0.2) is 0 Å². The van der Waals surface area contributed by atoms with Crippen molar-refractivity contribution in [3.8, 4) is 5.75 Å². The normalized spacial score (nSPS) is 10.7. The first-order valence-electron chi connectivity index (χ1n) is 5.07. The highest BCUT2D eigenvalue weighted by molar-refractivity contribution is 7.16. The van der Waals surface area contributed by atoms with Gasteiger partial charge in [-0.15, -0.1) is 11.3 Å². The molecule has 0 spiro atoms. The summed E-state index contributed by atoms with van der Waals surface area (Å²) in [4.78, 5) is 1.12. The Morgan fingerprint density at radius 2 is 2.06 bits per heavy atom. The molecule has 0 saturated carbocycles. The van der Waals surface area contributed by atoms with Crippen molar-refractivity contribution in [3.05, 3.63) is 50.9 Å². The Hall–Kier alpha value is -1.10. The van der Waals surface area contributed by atoms with Crippen LogP contribution in [-0.4, -0.2) is 5.11 Å². The van der Waals surface area contributed by atoms with Crippen molar-refractivity contribution in [1.29, 1.82) is 0 Å². The molecule has 0 aliphatic heterocycles. The topological polar surface area (TPSA) is 32.3 Å². The van der Waals surface area contributed by atoms with Crippen LogP contribution in [0.3, 0.4) is 0 Å². The highest BCUT2D eigenvalue weighted by atomic mass is 35.5. The zero-order valence-corrected chi connectivity index (χ0v) is 10.5. The van der Waals surface area contributed by atoms with Crippen molar-refractivity contribution >= 4 is 22.9 Å². The van der Waals surface area contributed by atoms with E-state index in [0.29, 0.717) is 18.7 Å². The molecule has 0 atom stereocenters. The van der Waals surface area contributed by atoms with Gasteiger partial charge in [-0.25, -0.2) is 4.39 Å². The average Bonchev–Trinajstić information content (AvgIpc) is 2.63. The van der Waals surface area contributed by atoms with Gasteiger partial charge >= 0.3 is 0 Å². The summed E-state index contributed by atoms with van der Waals surface area (Å²) < 4.78 is 13.7. The number of nitrogens with one attached hydrogen (secondary N) is 1. The van der Waals surface area contributed by atoms with Crippen LogP contribution in [0, 0.1) is 5.82 Å². The minimum atomic E-state index is -0.430. The summed E-state index contributed by atoms with van der Waals surface area (Å²) in [6, 6.07) is 7.81. The highest BCUT2D eigenvalue weighted by Crippen LogP contribution is 2.21. The molecule has 2 nitrogen and oxygen atoms in total. The van der Waals surface area contributed by atoms with E-state index in [-0.39, 0.29) is 5.75 Å². The summed E-state index contributed by atoms with van der Waals surface area (Å²) in [7, 11) is 0. The maximum absolute atomic E-state index is 13.0. The third-order valence-corrected chi connectivity index (χ3v) is 3.43. The van der Waals surface area contributed by atoms with Gasteiger partial charge < -0.3 is 10.4 Å². The molecule has 2 aromatic rings. The Morgan fingerprint density at radius 3 is 2.71 bits per heavy atom. The largest absolute Gasteiger partial charge is 0.508 e. The number of phenolic OH excluding ortho intramolecular Hbond substituents is 1. The van der Waals surface area contributed by atoms with Crippen LogP contribution >= 0.6 is 22.9 Å². The van der Waals surface area contributed by atoms with Crippen LogP contribution in [0.5, 0.6) is 5.75 Å². The van der Waals surface area contributed by atoms with Crippen LogP contribution in [0.4, 0.5) is 4.39 Å². The first-order valence-corrected chi connectivity index (χ1v) is 6.26. The highest BCUT2D eigenvalue weighted by Gasteiger charge is 2.01. The second-order valence-corrected chi connectivity index (χ2v) is 5.43. The molecule has 5 heteroatoms. The summed E-state index contributed by atoms with van der Waals surface area (Å²) in [5.41, 5.74) is 0.713. The molecule has 1 aromatic carbocycles. The molecule has 0 bridgehead atoms. The van der Waals surface area contributed by atoms with Crippen molar-refractivity contribution in [1.82, 2.24) is 5.32 Å². The molecule has 17 heavy (non-hydrogen) atoms. The van der Waals surface area contributed by atoms with E-state index in [4.69, 9.17) is 11.6 Å². The van der Waals surface area contributed by atoms with Gasteiger partial charge in [-0.1, -0.05) is 11.6 Å². The number of hydrogen-bond acceptors (Lipinski definition) is 3. The fraction of sp³-hybridized carbons (Fsp3) is 0.167. The Kier molecular flexibility index (Phi) is 3.99. The van der Waals surface area contributed by atoms with E-state index in [1.165, 1.54) is 23.5 Å². The molecule has 90 valence electrons. The van der Waals surface area contributed by atoms with E-state index in [9.17, 15) is 9.50 Å². The molecule has 2 N–H and O–H groups in total. The predicted molar refractivity (Wildman–Crippen MR) is 67.9 cm³/mol. The number of aromatic hydroxyl groups is 1. The first kappa shape index (κ1) is 12.4. The molecule has 0 aliphatic rings. The zero-order valence-electron chi connectivity index (χ0n) is 8.91. The third-order valence-electron chi connectivity index (χ3n) is 2.20. The molecule has 1 heterocycles. The number of benzene rings is 1. The molecule has 0 unspecified atom stereocenters. The molecule has 0 fully saturated rings. The lowest BCUT2D eigenvalue weighted by atomic mass is 10.2. The predicted octanol–water partition coefficient (Wildman–Crippen LogP) is 3.54. The Bertz CT molecular complexity index is 495. The number of hydrogen-bond donors (Lipinski definition) is 2. The summed E-state index contributed by atoms with van der Waals surface area (Å²) in [5, 5.41) is 12.4. The van der Waals surface area contributed by atoms with Gasteiger partial charge in [-0.2, -0.15) is 0 Å². The quantitative estimate of drug-likeness (QED) is 0.892. The first-order chi connectivity index (χ1) is 8.13. The Labute approximate surface area is 108 Å². The minimum Gasteiger partial charge on any atom is -0.508 e. The SMILES string of the molecule is Oc1cc(F)cc(CNCc2ccc(Cl)s2)c1. The summed E-state index contributed by atoms with van der Waals surface area (Å²) in [5.74, 6) is -0.484. The van der Waals surface area contributed by atoms with Crippen LogP contribution in [0.15, 0.2) is 30.3 Å². The number of phenols is 1. The molecule has 1 aromatic heterocycles. The fourth-order valence-corrected chi connectivity index (χ4v) is 2.57. The third kappa shape index (κ3) is 3.70. The molecule has 2 rings (SSSR count). The monoisotopic (exact) mass is 271 g/mol. The van der Waals surface area contributed by atoms with Crippen LogP contribution in [0.1, 0.15) is 10.4 Å². The molecule has 0 aliphatic carbocycles. The van der Waals surface area contributed by atoms with Crippen molar-refractivity contribution in [2.45, 2.75) is 13.1 Å². The van der Waals surface area contributed by atoms with Gasteiger partial charge in [0.25, 0.3) is 0 Å². The molecule has 0 amide bonds. The van der Waals surface area contributed by atoms with E-state index < -0.39 is 5.82 Å². The summed E-state index contributed by atoms with van der Waals surface area (Å²) in [6.45, 7) is 1.18. The number of halogens is 2. The molecular weight excluding hydrogens is 261 g/mol. The Morgan fingerprint density at radius 1 is 1.24 bits per heavy atom. The molecule has 0 radical (unpaired) electrons. The maximum Gasteiger partial charge on any atom is 0.127 e. The second-order valence-electron chi connectivity index (χ2n) is 3.63. The fourth-order valence-electron chi connectivity index (χ4n) is 1.51. The number of thiophene rings is 1. The van der Waals surface area contributed by atoms with Gasteiger partial charge in [0.2, 0.25) is 0 Å². The lowest BCUT2D eigenvalue weighted by Crippen LogP contribution is -2.11. The summed E-state index contributed by atoms with van der Waals surface area (Å²) in [6.07, 6.45) is 0. The van der Waals surface area contributed by atoms with Gasteiger partial charge in [0, 0.05) is 24.0 Å². The van der Waals surface area contributed by atoms with E-state index >= 15 is 0 Å². The van der Waals surface area contributed by atoms with Gasteiger partial charge in [0.1, 0.15) is 11.6 Å². The zero-order chi connectivity index (χ0) is 12.3. The standard InChI is InChI=1S/C12H11ClFNOS/c13-12-2-1-11(17-12)7-15-6-8-3-9(14)5-10(16)4-8/h1-5,15-16H,6-7H2. The van der Waals surface area contributed by atoms with Crippen LogP contribution in [-0.2, 0) is 13.1 Å². The minimum absolute atomic E-state index is 0.0547. The van der Waals surface area contributed by atoms with E-state index in [1.807, 2.05) is 12.1 Å².